The number of aromatic hydroxyl groups is 1. The summed E-state index contributed by atoms with van der Waals surface area (Å²) in [5.41, 5.74) is 6.57. The van der Waals surface area contributed by atoms with Crippen LogP contribution in [0.5, 0.6) is 5.75 Å². The fourth-order valence-corrected chi connectivity index (χ4v) is 5.17. The Morgan fingerprint density at radius 2 is 2.14 bits per heavy atom. The molecule has 4 rings (SSSR count). The highest BCUT2D eigenvalue weighted by Gasteiger charge is 2.48. The first kappa shape index (κ1) is 13.2. The molecular weight excluding hydrogens is 256 g/mol. The van der Waals surface area contributed by atoms with Crippen molar-refractivity contribution in [1.29, 1.82) is 0 Å². The maximum atomic E-state index is 9.71. The lowest BCUT2D eigenvalue weighted by atomic mass is 9.58. The molecule has 0 amide bonds. The van der Waals surface area contributed by atoms with E-state index in [-0.39, 0.29) is 0 Å². The number of hydrogen-bond acceptors (Lipinski definition) is 1. The molecule has 1 heteroatoms. The zero-order valence-corrected chi connectivity index (χ0v) is 13.0. The van der Waals surface area contributed by atoms with Crippen LogP contribution in [-0.4, -0.2) is 5.11 Å². The first-order chi connectivity index (χ1) is 10.1. The van der Waals surface area contributed by atoms with Crippen molar-refractivity contribution in [3.05, 3.63) is 52.6 Å². The molecule has 1 aromatic carbocycles. The molecule has 0 spiro atoms. The van der Waals surface area contributed by atoms with E-state index in [0.717, 1.165) is 6.42 Å². The fraction of sp³-hybridized carbons (Fsp3) is 0.500. The molecule has 3 aliphatic rings. The second-order valence-electron chi connectivity index (χ2n) is 7.17. The van der Waals surface area contributed by atoms with Gasteiger partial charge in [0, 0.05) is 5.92 Å². The summed E-state index contributed by atoms with van der Waals surface area (Å²) in [6.45, 7) is 4.79. The van der Waals surface area contributed by atoms with Crippen LogP contribution in [0, 0.1) is 11.3 Å². The molecule has 0 radical (unpaired) electrons. The first-order valence-corrected chi connectivity index (χ1v) is 8.34. The highest BCUT2D eigenvalue weighted by Crippen LogP contribution is 2.60. The van der Waals surface area contributed by atoms with Crippen molar-refractivity contribution in [3.63, 3.8) is 0 Å². The number of benzene rings is 1. The van der Waals surface area contributed by atoms with Gasteiger partial charge < -0.3 is 5.11 Å². The average Bonchev–Trinajstić information content (AvgIpc) is 2.83. The number of hydrogen-bond donors (Lipinski definition) is 1. The van der Waals surface area contributed by atoms with Crippen LogP contribution in [0.25, 0.3) is 0 Å². The predicted molar refractivity (Wildman–Crippen MR) is 86.5 cm³/mol. The molecule has 1 saturated carbocycles. The highest BCUT2D eigenvalue weighted by molar-refractivity contribution is 5.48. The third-order valence-corrected chi connectivity index (χ3v) is 6.30. The van der Waals surface area contributed by atoms with Gasteiger partial charge in [0.1, 0.15) is 5.75 Å². The normalized spacial score (nSPS) is 33.6. The van der Waals surface area contributed by atoms with Crippen molar-refractivity contribution in [2.45, 2.75) is 51.9 Å². The summed E-state index contributed by atoms with van der Waals surface area (Å²) in [5.74, 6) is 1.72. The number of fused-ring (bicyclic) bond motifs is 5. The van der Waals surface area contributed by atoms with Crippen LogP contribution < -0.4 is 0 Å². The molecule has 0 bridgehead atoms. The van der Waals surface area contributed by atoms with Gasteiger partial charge in [0.15, 0.2) is 0 Å². The van der Waals surface area contributed by atoms with E-state index in [0.29, 0.717) is 23.0 Å². The van der Waals surface area contributed by atoms with Gasteiger partial charge in [0.2, 0.25) is 0 Å². The summed E-state index contributed by atoms with van der Waals surface area (Å²) in [7, 11) is 0. The van der Waals surface area contributed by atoms with Crippen molar-refractivity contribution >= 4 is 0 Å². The van der Waals surface area contributed by atoms with Gasteiger partial charge in [-0.25, -0.2) is 0 Å². The van der Waals surface area contributed by atoms with Gasteiger partial charge in [-0.15, -0.1) is 0 Å². The topological polar surface area (TPSA) is 20.2 Å². The zero-order valence-electron chi connectivity index (χ0n) is 13.0. The van der Waals surface area contributed by atoms with Crippen LogP contribution in [0.3, 0.4) is 0 Å². The van der Waals surface area contributed by atoms with Crippen molar-refractivity contribution < 1.29 is 5.11 Å². The van der Waals surface area contributed by atoms with Gasteiger partial charge in [0.05, 0.1) is 0 Å². The van der Waals surface area contributed by atoms with E-state index >= 15 is 0 Å². The summed E-state index contributed by atoms with van der Waals surface area (Å²) in [4.78, 5) is 0. The summed E-state index contributed by atoms with van der Waals surface area (Å²) >= 11 is 0. The van der Waals surface area contributed by atoms with Crippen LogP contribution in [0.1, 0.15) is 56.6 Å². The Bertz CT molecular complexity index is 652. The molecule has 0 aliphatic heterocycles. The molecule has 21 heavy (non-hydrogen) atoms. The quantitative estimate of drug-likeness (QED) is 0.708. The Balaban J connectivity index is 1.73. The Hall–Kier alpha value is -1.50. The smallest absolute Gasteiger partial charge is 0.115 e. The molecule has 3 aliphatic carbocycles. The minimum atomic E-state index is 0.405. The van der Waals surface area contributed by atoms with Crippen molar-refractivity contribution in [3.8, 4) is 5.75 Å². The molecule has 1 aromatic rings. The number of allylic oxidation sites excluding steroid dienone is 4. The maximum absolute atomic E-state index is 9.71. The predicted octanol–water partition coefficient (Wildman–Crippen LogP) is 5.11. The zero-order chi connectivity index (χ0) is 14.6. The van der Waals surface area contributed by atoms with Crippen molar-refractivity contribution in [1.82, 2.24) is 0 Å². The van der Waals surface area contributed by atoms with E-state index in [1.807, 2.05) is 12.1 Å². The Labute approximate surface area is 127 Å². The lowest BCUT2D eigenvalue weighted by molar-refractivity contribution is 0.214. The second kappa shape index (κ2) is 4.50. The molecule has 0 saturated heterocycles. The van der Waals surface area contributed by atoms with Gasteiger partial charge in [-0.2, -0.15) is 0 Å². The van der Waals surface area contributed by atoms with E-state index in [2.05, 4.69) is 32.1 Å². The van der Waals surface area contributed by atoms with E-state index < -0.39 is 0 Å². The van der Waals surface area contributed by atoms with Gasteiger partial charge in [-0.3, -0.25) is 0 Å². The number of rotatable bonds is 1. The average molecular weight is 280 g/mol. The van der Waals surface area contributed by atoms with Gasteiger partial charge in [-0.1, -0.05) is 43.2 Å². The lowest BCUT2D eigenvalue weighted by Gasteiger charge is -2.46. The molecule has 1 nitrogen and oxygen atoms in total. The third kappa shape index (κ3) is 1.76. The SMILES string of the molecule is CCC1=CCC2C3=CCc4cc(O)ccc4C3CCC12C. The Morgan fingerprint density at radius 1 is 1.29 bits per heavy atom. The molecular formula is C20H24O. The third-order valence-electron chi connectivity index (χ3n) is 6.30. The lowest BCUT2D eigenvalue weighted by Crippen LogP contribution is -2.35. The molecule has 1 fully saturated rings. The van der Waals surface area contributed by atoms with Crippen LogP contribution in [0.4, 0.5) is 0 Å². The van der Waals surface area contributed by atoms with E-state index in [1.54, 1.807) is 11.1 Å². The van der Waals surface area contributed by atoms with Gasteiger partial charge in [0.25, 0.3) is 0 Å². The van der Waals surface area contributed by atoms with Crippen LogP contribution >= 0.6 is 0 Å². The van der Waals surface area contributed by atoms with E-state index in [4.69, 9.17) is 0 Å². The summed E-state index contributed by atoms with van der Waals surface area (Å²) in [5, 5.41) is 9.71. The van der Waals surface area contributed by atoms with Crippen LogP contribution in [0.2, 0.25) is 0 Å². The van der Waals surface area contributed by atoms with Crippen LogP contribution in [-0.2, 0) is 6.42 Å². The van der Waals surface area contributed by atoms with E-state index in [1.165, 1.54) is 36.8 Å². The molecule has 3 atom stereocenters. The van der Waals surface area contributed by atoms with Crippen molar-refractivity contribution in [2.75, 3.05) is 0 Å². The second-order valence-corrected chi connectivity index (χ2v) is 7.17. The largest absolute Gasteiger partial charge is 0.508 e. The molecule has 0 heterocycles. The Morgan fingerprint density at radius 3 is 2.95 bits per heavy atom. The van der Waals surface area contributed by atoms with Crippen LogP contribution in [0.15, 0.2) is 41.5 Å². The Kier molecular flexibility index (Phi) is 2.82. The first-order valence-electron chi connectivity index (χ1n) is 8.34. The minimum absolute atomic E-state index is 0.405. The highest BCUT2D eigenvalue weighted by atomic mass is 16.3. The maximum Gasteiger partial charge on any atom is 0.115 e. The summed E-state index contributed by atoms with van der Waals surface area (Å²) in [6.07, 6.45) is 11.0. The molecule has 3 unspecified atom stereocenters. The summed E-state index contributed by atoms with van der Waals surface area (Å²) < 4.78 is 0. The fourth-order valence-electron chi connectivity index (χ4n) is 5.17. The van der Waals surface area contributed by atoms with E-state index in [9.17, 15) is 5.11 Å². The number of phenolic OH excluding ortho intramolecular Hbond substituents is 1. The minimum Gasteiger partial charge on any atom is -0.508 e. The van der Waals surface area contributed by atoms with Gasteiger partial charge >= 0.3 is 0 Å². The number of phenols is 1. The molecule has 0 aromatic heterocycles. The van der Waals surface area contributed by atoms with Gasteiger partial charge in [-0.05, 0) is 66.7 Å². The monoisotopic (exact) mass is 280 g/mol. The molecule has 1 N–H and O–H groups in total. The van der Waals surface area contributed by atoms with Crippen molar-refractivity contribution in [2.24, 2.45) is 11.3 Å². The summed E-state index contributed by atoms with van der Waals surface area (Å²) in [6, 6.07) is 5.98. The molecule has 110 valence electrons. The standard InChI is InChI=1S/C20H24O/c1-3-14-5-9-19-18-7-4-13-12-15(21)6-8-16(13)17(18)10-11-20(14,19)2/h5-8,12,17,19,21H,3-4,9-11H2,1-2H3.